The van der Waals surface area contributed by atoms with Crippen LogP contribution in [0.2, 0.25) is 0 Å². The van der Waals surface area contributed by atoms with Gasteiger partial charge in [0, 0.05) is 17.8 Å². The molecule has 2 aromatic rings. The molecular weight excluding hydrogens is 465 g/mol. The molecule has 0 bridgehead atoms. The standard InChI is InChI=1S/C19H25F3N6O2S2/c1-4-14(5-2)28-12(3)6-7-13-8-15(24-26-18-25-23-11-31-18)16(9-17(13)28)27-32(29,30)10-19(20,21)22/h8-9,11-12,14,27H,4-7,10H2,1-3H3. The molecule has 0 fully saturated rings. The summed E-state index contributed by atoms with van der Waals surface area (Å²) in [5, 5.41) is 15.7. The molecule has 1 N–H and O–H groups in total. The van der Waals surface area contributed by atoms with E-state index >= 15 is 0 Å². The lowest BCUT2D eigenvalue weighted by Crippen LogP contribution is -2.44. The van der Waals surface area contributed by atoms with Gasteiger partial charge in [-0.3, -0.25) is 4.72 Å². The first-order valence-electron chi connectivity index (χ1n) is 10.2. The van der Waals surface area contributed by atoms with Gasteiger partial charge in [0.05, 0.1) is 5.69 Å². The number of alkyl halides is 3. The van der Waals surface area contributed by atoms with Gasteiger partial charge in [0.25, 0.3) is 5.13 Å². The fourth-order valence-electron chi connectivity index (χ4n) is 3.93. The number of aryl methyl sites for hydroxylation is 1. The average Bonchev–Trinajstić information content (AvgIpc) is 3.20. The van der Waals surface area contributed by atoms with E-state index in [2.05, 4.69) is 50.8 Å². The lowest BCUT2D eigenvalue weighted by molar-refractivity contribution is -0.106. The Balaban J connectivity index is 2.09. The van der Waals surface area contributed by atoms with E-state index in [9.17, 15) is 21.6 Å². The number of anilines is 2. The lowest BCUT2D eigenvalue weighted by atomic mass is 9.92. The van der Waals surface area contributed by atoms with Gasteiger partial charge >= 0.3 is 6.18 Å². The van der Waals surface area contributed by atoms with Crippen LogP contribution in [0.1, 0.15) is 45.6 Å². The van der Waals surface area contributed by atoms with Gasteiger partial charge in [0.15, 0.2) is 5.75 Å². The lowest BCUT2D eigenvalue weighted by Gasteiger charge is -2.42. The second-order valence-corrected chi connectivity index (χ2v) is 10.2. The maximum atomic E-state index is 12.8. The van der Waals surface area contributed by atoms with Gasteiger partial charge in [-0.1, -0.05) is 25.2 Å². The fourth-order valence-corrected chi connectivity index (χ4v) is 5.30. The van der Waals surface area contributed by atoms with Crippen LogP contribution < -0.4 is 9.62 Å². The molecule has 0 saturated carbocycles. The summed E-state index contributed by atoms with van der Waals surface area (Å²) in [6.45, 7) is 6.25. The number of azo groups is 1. The van der Waals surface area contributed by atoms with Gasteiger partial charge in [-0.2, -0.15) is 13.2 Å². The first-order valence-corrected chi connectivity index (χ1v) is 12.8. The van der Waals surface area contributed by atoms with Crippen LogP contribution in [0.3, 0.4) is 0 Å². The minimum Gasteiger partial charge on any atom is -0.366 e. The molecule has 0 radical (unpaired) electrons. The summed E-state index contributed by atoms with van der Waals surface area (Å²) in [4.78, 5) is 2.23. The molecule has 1 aliphatic rings. The molecule has 1 unspecified atom stereocenters. The van der Waals surface area contributed by atoms with Crippen LogP contribution in [-0.4, -0.2) is 42.6 Å². The molecule has 13 heteroatoms. The number of nitrogens with one attached hydrogen (secondary N) is 1. The molecule has 3 rings (SSSR count). The third kappa shape index (κ3) is 5.94. The predicted molar refractivity (Wildman–Crippen MR) is 119 cm³/mol. The number of hydrogen-bond donors (Lipinski definition) is 1. The summed E-state index contributed by atoms with van der Waals surface area (Å²) >= 11 is 1.13. The van der Waals surface area contributed by atoms with Crippen molar-refractivity contribution in [2.24, 2.45) is 10.2 Å². The molecule has 176 valence electrons. The smallest absolute Gasteiger partial charge is 0.366 e. The number of rotatable bonds is 8. The summed E-state index contributed by atoms with van der Waals surface area (Å²) in [5.41, 5.74) is 3.29. The quantitative estimate of drug-likeness (QED) is 0.487. The number of fused-ring (bicyclic) bond motifs is 1. The van der Waals surface area contributed by atoms with Crippen LogP contribution in [0.4, 0.5) is 35.4 Å². The highest BCUT2D eigenvalue weighted by Gasteiger charge is 2.36. The zero-order valence-electron chi connectivity index (χ0n) is 17.9. The highest BCUT2D eigenvalue weighted by Crippen LogP contribution is 2.41. The number of hydrogen-bond acceptors (Lipinski definition) is 8. The van der Waals surface area contributed by atoms with Crippen molar-refractivity contribution < 1.29 is 21.6 Å². The Hall–Kier alpha value is -2.28. The summed E-state index contributed by atoms with van der Waals surface area (Å²) in [5.74, 6) is -1.99. The minimum atomic E-state index is -4.87. The van der Waals surface area contributed by atoms with Crippen LogP contribution in [-0.2, 0) is 16.4 Å². The normalized spacial score (nSPS) is 17.2. The highest BCUT2D eigenvalue weighted by atomic mass is 32.2. The largest absolute Gasteiger partial charge is 0.404 e. The zero-order chi connectivity index (χ0) is 23.5. The van der Waals surface area contributed by atoms with Crippen molar-refractivity contribution in [3.63, 3.8) is 0 Å². The summed E-state index contributed by atoms with van der Waals surface area (Å²) in [6.07, 6.45) is -1.47. The first-order chi connectivity index (χ1) is 15.0. The van der Waals surface area contributed by atoms with E-state index < -0.39 is 22.0 Å². The number of sulfonamides is 1. The second kappa shape index (κ2) is 9.69. The van der Waals surface area contributed by atoms with Gasteiger partial charge < -0.3 is 4.90 Å². The van der Waals surface area contributed by atoms with E-state index in [1.807, 2.05) is 0 Å². The zero-order valence-corrected chi connectivity index (χ0v) is 19.6. The molecule has 32 heavy (non-hydrogen) atoms. The Kier molecular flexibility index (Phi) is 7.38. The van der Waals surface area contributed by atoms with E-state index in [1.165, 1.54) is 5.51 Å². The average molecular weight is 491 g/mol. The SMILES string of the molecule is CCC(CC)N1c2cc(NS(=O)(=O)CC(F)(F)F)c(N=Nc3nncs3)cc2CCC1C. The number of halogens is 3. The van der Waals surface area contributed by atoms with E-state index in [4.69, 9.17) is 0 Å². The number of benzene rings is 1. The van der Waals surface area contributed by atoms with E-state index in [1.54, 1.807) is 12.1 Å². The van der Waals surface area contributed by atoms with E-state index in [-0.39, 0.29) is 28.6 Å². The Morgan fingerprint density at radius 1 is 1.28 bits per heavy atom. The molecule has 0 aliphatic carbocycles. The third-order valence-corrected chi connectivity index (χ3v) is 7.14. The van der Waals surface area contributed by atoms with Crippen molar-refractivity contribution in [3.05, 3.63) is 23.2 Å². The maximum Gasteiger partial charge on any atom is 0.404 e. The Morgan fingerprint density at radius 3 is 2.59 bits per heavy atom. The minimum absolute atomic E-state index is 0.0497. The van der Waals surface area contributed by atoms with Crippen molar-refractivity contribution in [1.82, 2.24) is 10.2 Å². The molecule has 0 amide bonds. The number of nitrogens with zero attached hydrogens (tertiary/aromatic N) is 5. The molecule has 1 aromatic heterocycles. The fraction of sp³-hybridized carbons (Fsp3) is 0.579. The van der Waals surface area contributed by atoms with E-state index in [0.29, 0.717) is 0 Å². The summed E-state index contributed by atoms with van der Waals surface area (Å²) < 4.78 is 64.9. The van der Waals surface area contributed by atoms with Gasteiger partial charge in [-0.15, -0.1) is 20.4 Å². The number of aromatic nitrogens is 2. The van der Waals surface area contributed by atoms with Crippen LogP contribution >= 0.6 is 11.3 Å². The molecule has 0 saturated heterocycles. The topological polar surface area (TPSA) is 99.9 Å². The van der Waals surface area contributed by atoms with Crippen LogP contribution in [0.15, 0.2) is 27.9 Å². The van der Waals surface area contributed by atoms with Gasteiger partial charge in [0.2, 0.25) is 10.0 Å². The van der Waals surface area contributed by atoms with Gasteiger partial charge in [-0.25, -0.2) is 8.42 Å². The van der Waals surface area contributed by atoms with E-state index in [0.717, 1.165) is 48.3 Å². The molecular formula is C19H25F3N6O2S2. The monoisotopic (exact) mass is 490 g/mol. The first kappa shape index (κ1) is 24.4. The van der Waals surface area contributed by atoms with Crippen molar-refractivity contribution in [1.29, 1.82) is 0 Å². The second-order valence-electron chi connectivity index (χ2n) is 7.66. The Morgan fingerprint density at radius 2 is 2.00 bits per heavy atom. The van der Waals surface area contributed by atoms with Gasteiger partial charge in [-0.05, 0) is 50.3 Å². The third-order valence-electron chi connectivity index (χ3n) is 5.33. The molecule has 1 aromatic carbocycles. The van der Waals surface area contributed by atoms with Crippen molar-refractivity contribution >= 4 is 43.6 Å². The highest BCUT2D eigenvalue weighted by molar-refractivity contribution is 7.92. The maximum absolute atomic E-state index is 12.8. The Bertz CT molecular complexity index is 1050. The van der Waals surface area contributed by atoms with Crippen molar-refractivity contribution in [3.8, 4) is 0 Å². The Labute approximate surface area is 189 Å². The summed E-state index contributed by atoms with van der Waals surface area (Å²) in [7, 11) is -4.70. The molecule has 2 heterocycles. The van der Waals surface area contributed by atoms with Crippen LogP contribution in [0, 0.1) is 0 Å². The summed E-state index contributed by atoms with van der Waals surface area (Å²) in [6, 6.07) is 3.69. The molecule has 0 spiro atoms. The molecule has 1 atom stereocenters. The predicted octanol–water partition coefficient (Wildman–Crippen LogP) is 5.59. The van der Waals surface area contributed by atoms with Crippen LogP contribution in [0.25, 0.3) is 0 Å². The molecule has 8 nitrogen and oxygen atoms in total. The van der Waals surface area contributed by atoms with Gasteiger partial charge in [0.1, 0.15) is 11.2 Å². The van der Waals surface area contributed by atoms with Crippen molar-refractivity contribution in [2.45, 2.75) is 64.7 Å². The van der Waals surface area contributed by atoms with Crippen molar-refractivity contribution in [2.75, 3.05) is 15.4 Å². The van der Waals surface area contributed by atoms with Crippen LogP contribution in [0.5, 0.6) is 0 Å². The molecule has 1 aliphatic heterocycles.